The molecule has 11 nitrogen and oxygen atoms in total. The van der Waals surface area contributed by atoms with Crippen molar-refractivity contribution in [3.8, 4) is 11.5 Å². The van der Waals surface area contributed by atoms with E-state index in [1.165, 1.54) is 19.1 Å². The van der Waals surface area contributed by atoms with Crippen molar-refractivity contribution in [3.63, 3.8) is 0 Å². The number of ether oxygens (including phenoxy) is 6. The third-order valence-electron chi connectivity index (χ3n) is 5.89. The Hall–Kier alpha value is -3.34. The molecule has 0 radical (unpaired) electrons. The summed E-state index contributed by atoms with van der Waals surface area (Å²) in [5.41, 5.74) is 4.97. The van der Waals surface area contributed by atoms with Gasteiger partial charge in [-0.25, -0.2) is 9.59 Å². The zero-order valence-electron chi connectivity index (χ0n) is 23.7. The molecule has 11 heteroatoms. The summed E-state index contributed by atoms with van der Waals surface area (Å²) in [4.78, 5) is 48.4. The molecule has 0 spiro atoms. The van der Waals surface area contributed by atoms with Crippen molar-refractivity contribution >= 4 is 24.2 Å². The quantitative estimate of drug-likeness (QED) is 0.221. The van der Waals surface area contributed by atoms with E-state index in [-0.39, 0.29) is 17.9 Å². The highest BCUT2D eigenvalue weighted by molar-refractivity contribution is 5.76. The lowest BCUT2D eigenvalue weighted by molar-refractivity contribution is -0.164. The van der Waals surface area contributed by atoms with Gasteiger partial charge in [0, 0.05) is 6.92 Å². The van der Waals surface area contributed by atoms with Gasteiger partial charge in [-0.1, -0.05) is 19.9 Å². The third kappa shape index (κ3) is 11.4. The fourth-order valence-electron chi connectivity index (χ4n) is 2.72. The second kappa shape index (κ2) is 14.0. The fourth-order valence-corrected chi connectivity index (χ4v) is 2.72. The van der Waals surface area contributed by atoms with Crippen molar-refractivity contribution in [1.82, 2.24) is 0 Å². The molecule has 3 atom stereocenters. The lowest BCUT2D eigenvalue weighted by Gasteiger charge is -2.24. The molecule has 1 rings (SSSR count). The lowest BCUT2D eigenvalue weighted by atomic mass is 10.1. The summed E-state index contributed by atoms with van der Waals surface area (Å²) in [5.74, 6) is -1.42. The van der Waals surface area contributed by atoms with E-state index in [4.69, 9.17) is 34.2 Å². The summed E-state index contributed by atoms with van der Waals surface area (Å²) in [5, 5.41) is 0. The van der Waals surface area contributed by atoms with Crippen LogP contribution in [0.5, 0.6) is 11.5 Å². The number of carbonyl (C=O) groups excluding carboxylic acids is 4. The number of esters is 2. The molecular weight excluding hydrogens is 498 g/mol. The van der Waals surface area contributed by atoms with Crippen LogP contribution in [0.1, 0.15) is 80.7 Å². The molecule has 1 aromatic rings. The van der Waals surface area contributed by atoms with Gasteiger partial charge < -0.3 is 34.2 Å². The highest BCUT2D eigenvalue weighted by Gasteiger charge is 2.27. The van der Waals surface area contributed by atoms with Crippen LogP contribution in [0.2, 0.25) is 0 Å². The van der Waals surface area contributed by atoms with E-state index in [0.29, 0.717) is 18.4 Å². The second-order valence-corrected chi connectivity index (χ2v) is 10.2. The Bertz CT molecular complexity index is 988. The SMILES string of the molecule is CCC(C)(C)OC(=O)Oc1ccc(C[C@H](N)C(=O)O[C@@H](C)C(C)OC(C)=O)cc1OC(=O)OC(C)(C)CC. The Balaban J connectivity index is 3.09. The van der Waals surface area contributed by atoms with Gasteiger partial charge in [0.05, 0.1) is 0 Å². The number of hydrogen-bond acceptors (Lipinski definition) is 11. The molecule has 214 valence electrons. The van der Waals surface area contributed by atoms with E-state index in [0.717, 1.165) is 0 Å². The molecule has 0 heterocycles. The van der Waals surface area contributed by atoms with E-state index in [1.807, 2.05) is 13.8 Å². The van der Waals surface area contributed by atoms with Crippen LogP contribution in [0, 0.1) is 0 Å². The minimum atomic E-state index is -1.08. The second-order valence-electron chi connectivity index (χ2n) is 10.2. The van der Waals surface area contributed by atoms with E-state index >= 15 is 0 Å². The molecule has 0 aliphatic rings. The average Bonchev–Trinajstić information content (AvgIpc) is 2.79. The molecule has 0 fully saturated rings. The summed E-state index contributed by atoms with van der Waals surface area (Å²) >= 11 is 0. The predicted octanol–water partition coefficient (Wildman–Crippen LogP) is 4.85. The van der Waals surface area contributed by atoms with E-state index in [1.54, 1.807) is 47.6 Å². The summed E-state index contributed by atoms with van der Waals surface area (Å²) in [7, 11) is 0. The first kappa shape index (κ1) is 32.7. The normalized spacial score (nSPS) is 13.9. The van der Waals surface area contributed by atoms with Crippen LogP contribution < -0.4 is 15.2 Å². The Morgan fingerprint density at radius 3 is 1.76 bits per heavy atom. The van der Waals surface area contributed by atoms with E-state index in [9.17, 15) is 19.2 Å². The smallest absolute Gasteiger partial charge is 0.459 e. The summed E-state index contributed by atoms with van der Waals surface area (Å²) in [6.07, 6.45) is -2.26. The van der Waals surface area contributed by atoms with Gasteiger partial charge in [0.2, 0.25) is 0 Å². The minimum absolute atomic E-state index is 0.00690. The molecule has 0 saturated carbocycles. The Labute approximate surface area is 224 Å². The van der Waals surface area contributed by atoms with Crippen molar-refractivity contribution in [2.45, 2.75) is 111 Å². The maximum Gasteiger partial charge on any atom is 0.514 e. The van der Waals surface area contributed by atoms with Crippen molar-refractivity contribution in [2.24, 2.45) is 5.73 Å². The molecule has 0 aliphatic heterocycles. The molecule has 38 heavy (non-hydrogen) atoms. The molecule has 0 saturated heterocycles. The van der Waals surface area contributed by atoms with Crippen molar-refractivity contribution in [1.29, 1.82) is 0 Å². The zero-order chi connectivity index (χ0) is 29.3. The average molecular weight is 540 g/mol. The number of nitrogens with two attached hydrogens (primary N) is 1. The van der Waals surface area contributed by atoms with Gasteiger partial charge in [0.15, 0.2) is 11.5 Å². The Kier molecular flexibility index (Phi) is 12.0. The van der Waals surface area contributed by atoms with Crippen LogP contribution >= 0.6 is 0 Å². The van der Waals surface area contributed by atoms with Gasteiger partial charge in [0.25, 0.3) is 0 Å². The minimum Gasteiger partial charge on any atom is -0.459 e. The van der Waals surface area contributed by atoms with Crippen LogP contribution in [0.3, 0.4) is 0 Å². The monoisotopic (exact) mass is 539 g/mol. The maximum absolute atomic E-state index is 12.5. The first-order valence-electron chi connectivity index (χ1n) is 12.6. The highest BCUT2D eigenvalue weighted by atomic mass is 16.8. The fraction of sp³-hybridized carbons (Fsp3) is 0.630. The molecule has 0 aromatic heterocycles. The molecule has 0 aliphatic carbocycles. The topological polar surface area (TPSA) is 150 Å². The third-order valence-corrected chi connectivity index (χ3v) is 5.89. The number of rotatable bonds is 12. The van der Waals surface area contributed by atoms with Crippen LogP contribution in [-0.4, -0.2) is 53.7 Å². The maximum atomic E-state index is 12.5. The van der Waals surface area contributed by atoms with Gasteiger partial charge in [0.1, 0.15) is 29.5 Å². The standard InChI is InChI=1S/C27H41NO10/c1-10-26(6,7)37-24(31)35-21-13-12-19(15-22(21)36-25(32)38-27(8,9)11-2)14-20(28)23(30)34-17(4)16(3)33-18(5)29/h12-13,15-17,20H,10-11,14,28H2,1-9H3/t16?,17-,20-/m0/s1. The van der Waals surface area contributed by atoms with Gasteiger partial charge in [-0.3, -0.25) is 9.59 Å². The van der Waals surface area contributed by atoms with Gasteiger partial charge in [-0.2, -0.15) is 0 Å². The Morgan fingerprint density at radius 1 is 0.816 bits per heavy atom. The first-order chi connectivity index (χ1) is 17.5. The van der Waals surface area contributed by atoms with E-state index in [2.05, 4.69) is 0 Å². The van der Waals surface area contributed by atoms with Crippen molar-refractivity contribution < 1.29 is 47.6 Å². The lowest BCUT2D eigenvalue weighted by Crippen LogP contribution is -2.39. The largest absolute Gasteiger partial charge is 0.514 e. The number of carbonyl (C=O) groups is 4. The highest BCUT2D eigenvalue weighted by Crippen LogP contribution is 2.31. The summed E-state index contributed by atoms with van der Waals surface area (Å²) < 4.78 is 31.6. The molecule has 1 aromatic carbocycles. The van der Waals surface area contributed by atoms with Gasteiger partial charge >= 0.3 is 24.2 Å². The summed E-state index contributed by atoms with van der Waals surface area (Å²) in [6.45, 7) is 15.0. The molecule has 1 unspecified atom stereocenters. The van der Waals surface area contributed by atoms with Crippen LogP contribution in [0.4, 0.5) is 9.59 Å². The number of hydrogen-bond donors (Lipinski definition) is 1. The molecular formula is C27H41NO10. The molecule has 0 bridgehead atoms. The Morgan fingerprint density at radius 2 is 1.29 bits per heavy atom. The van der Waals surface area contributed by atoms with E-state index < -0.39 is 53.7 Å². The van der Waals surface area contributed by atoms with Crippen LogP contribution in [0.25, 0.3) is 0 Å². The zero-order valence-corrected chi connectivity index (χ0v) is 23.7. The predicted molar refractivity (Wildman–Crippen MR) is 138 cm³/mol. The van der Waals surface area contributed by atoms with Crippen molar-refractivity contribution in [3.05, 3.63) is 23.8 Å². The van der Waals surface area contributed by atoms with Crippen LogP contribution in [-0.2, 0) is 35.0 Å². The van der Waals surface area contributed by atoms with Crippen molar-refractivity contribution in [2.75, 3.05) is 0 Å². The molecule has 0 amide bonds. The van der Waals surface area contributed by atoms with Gasteiger partial charge in [-0.05, 0) is 78.5 Å². The first-order valence-corrected chi connectivity index (χ1v) is 12.6. The molecule has 2 N–H and O–H groups in total. The summed E-state index contributed by atoms with van der Waals surface area (Å²) in [6, 6.07) is 3.28. The number of benzene rings is 1. The van der Waals surface area contributed by atoms with Crippen LogP contribution in [0.15, 0.2) is 18.2 Å². The van der Waals surface area contributed by atoms with Gasteiger partial charge in [-0.15, -0.1) is 0 Å².